The highest BCUT2D eigenvalue weighted by Crippen LogP contribution is 2.29. The molecule has 1 rings (SSSR count). The zero-order valence-corrected chi connectivity index (χ0v) is 11.9. The van der Waals surface area contributed by atoms with Crippen molar-refractivity contribution in [3.05, 3.63) is 0 Å². The third kappa shape index (κ3) is 6.54. The Hall–Kier alpha value is -1.14. The summed E-state index contributed by atoms with van der Waals surface area (Å²) >= 11 is 0. The number of amides is 2. The number of nitrogens with zero attached hydrogens (tertiary/aromatic N) is 1. The molecule has 0 bridgehead atoms. The number of carbonyl (C=O) groups is 2. The average Bonchev–Trinajstić information content (AvgIpc) is 2.70. The molecule has 0 aromatic carbocycles. The molecule has 6 heteroatoms. The molecule has 110 valence electrons. The van der Waals surface area contributed by atoms with Gasteiger partial charge in [0.1, 0.15) is 0 Å². The Labute approximate surface area is 114 Å². The summed E-state index contributed by atoms with van der Waals surface area (Å²) in [5.74, 6) is -0.190. The van der Waals surface area contributed by atoms with Gasteiger partial charge >= 0.3 is 0 Å². The molecule has 1 fully saturated rings. The fourth-order valence-electron chi connectivity index (χ4n) is 2.49. The molecule has 0 heterocycles. The van der Waals surface area contributed by atoms with Gasteiger partial charge in [-0.15, -0.1) is 0 Å². The van der Waals surface area contributed by atoms with Crippen LogP contribution in [0, 0.1) is 0 Å². The van der Waals surface area contributed by atoms with Gasteiger partial charge in [-0.3, -0.25) is 14.5 Å². The zero-order chi connectivity index (χ0) is 14.3. The first-order valence-electron chi connectivity index (χ1n) is 6.83. The van der Waals surface area contributed by atoms with E-state index in [-0.39, 0.29) is 18.4 Å². The van der Waals surface area contributed by atoms with Crippen LogP contribution < -0.4 is 10.6 Å². The van der Waals surface area contributed by atoms with Crippen LogP contribution in [0.3, 0.4) is 0 Å². The normalized spacial score (nSPS) is 17.5. The fourth-order valence-corrected chi connectivity index (χ4v) is 2.49. The Morgan fingerprint density at radius 1 is 1.21 bits per heavy atom. The minimum atomic E-state index is -0.620. The van der Waals surface area contributed by atoms with Crippen molar-refractivity contribution < 1.29 is 14.7 Å². The maximum absolute atomic E-state index is 11.6. The van der Waals surface area contributed by atoms with Crippen LogP contribution in [-0.4, -0.2) is 60.6 Å². The van der Waals surface area contributed by atoms with Gasteiger partial charge in [0.15, 0.2) is 0 Å². The molecule has 0 atom stereocenters. The first-order chi connectivity index (χ1) is 8.91. The highest BCUT2D eigenvalue weighted by atomic mass is 16.3. The number of carbonyl (C=O) groups excluding carboxylic acids is 2. The molecule has 0 aliphatic heterocycles. The summed E-state index contributed by atoms with van der Waals surface area (Å²) in [6, 6.07) is 0. The number of aliphatic hydroxyl groups is 1. The van der Waals surface area contributed by atoms with E-state index in [2.05, 4.69) is 10.6 Å². The van der Waals surface area contributed by atoms with Crippen molar-refractivity contribution >= 4 is 11.8 Å². The first-order valence-corrected chi connectivity index (χ1v) is 6.83. The Kier molecular flexibility index (Phi) is 6.24. The number of hydrogen-bond donors (Lipinski definition) is 3. The van der Waals surface area contributed by atoms with Crippen LogP contribution in [-0.2, 0) is 9.59 Å². The van der Waals surface area contributed by atoms with Gasteiger partial charge in [0.25, 0.3) is 0 Å². The lowest BCUT2D eigenvalue weighted by atomic mass is 10.0. The standard InChI is InChI=1S/C13H25N3O3/c1-11(17)14-7-8-15-12(18)9-16(2)10-13(19)5-3-4-6-13/h19H,3-10H2,1-2H3,(H,14,17)(H,15,18). The first kappa shape index (κ1) is 15.9. The van der Waals surface area contributed by atoms with Crippen LogP contribution in [0.2, 0.25) is 0 Å². The van der Waals surface area contributed by atoms with Crippen molar-refractivity contribution in [1.29, 1.82) is 0 Å². The van der Waals surface area contributed by atoms with Crippen LogP contribution in [0.4, 0.5) is 0 Å². The largest absolute Gasteiger partial charge is 0.389 e. The number of likely N-dealkylation sites (N-methyl/N-ethyl adjacent to an activating group) is 1. The maximum atomic E-state index is 11.6. The van der Waals surface area contributed by atoms with E-state index in [1.807, 2.05) is 11.9 Å². The third-order valence-electron chi connectivity index (χ3n) is 3.33. The van der Waals surface area contributed by atoms with E-state index in [0.29, 0.717) is 19.6 Å². The summed E-state index contributed by atoms with van der Waals surface area (Å²) < 4.78 is 0. The lowest BCUT2D eigenvalue weighted by Gasteiger charge is -2.28. The third-order valence-corrected chi connectivity index (χ3v) is 3.33. The Morgan fingerprint density at radius 2 is 1.79 bits per heavy atom. The molecule has 19 heavy (non-hydrogen) atoms. The van der Waals surface area contributed by atoms with Gasteiger partial charge in [0.05, 0.1) is 12.1 Å². The molecule has 0 aromatic heterocycles. The highest BCUT2D eigenvalue weighted by molar-refractivity contribution is 5.78. The molecule has 0 unspecified atom stereocenters. The minimum Gasteiger partial charge on any atom is -0.389 e. The van der Waals surface area contributed by atoms with Crippen molar-refractivity contribution in [2.75, 3.05) is 33.2 Å². The van der Waals surface area contributed by atoms with Crippen molar-refractivity contribution in [3.63, 3.8) is 0 Å². The predicted molar refractivity (Wildman–Crippen MR) is 72.6 cm³/mol. The molecule has 1 saturated carbocycles. The van der Waals surface area contributed by atoms with E-state index in [1.165, 1.54) is 6.92 Å². The lowest BCUT2D eigenvalue weighted by molar-refractivity contribution is -0.123. The molecular weight excluding hydrogens is 246 g/mol. The van der Waals surface area contributed by atoms with Crippen molar-refractivity contribution in [2.24, 2.45) is 0 Å². The summed E-state index contributed by atoms with van der Waals surface area (Å²) in [4.78, 5) is 24.1. The number of nitrogens with one attached hydrogen (secondary N) is 2. The fraction of sp³-hybridized carbons (Fsp3) is 0.846. The van der Waals surface area contributed by atoms with Crippen LogP contribution in [0.1, 0.15) is 32.6 Å². The molecular formula is C13H25N3O3. The van der Waals surface area contributed by atoms with Crippen molar-refractivity contribution in [2.45, 2.75) is 38.2 Å². The van der Waals surface area contributed by atoms with Crippen LogP contribution in [0.5, 0.6) is 0 Å². The second-order valence-corrected chi connectivity index (χ2v) is 5.44. The Balaban J connectivity index is 2.15. The predicted octanol–water partition coefficient (Wildman–Crippen LogP) is -0.524. The summed E-state index contributed by atoms with van der Waals surface area (Å²) in [6.45, 7) is 3.11. The lowest BCUT2D eigenvalue weighted by Crippen LogP contribution is -2.44. The molecule has 1 aliphatic carbocycles. The second kappa shape index (κ2) is 7.45. The van der Waals surface area contributed by atoms with Gasteiger partial charge in [-0.25, -0.2) is 0 Å². The molecule has 2 amide bonds. The molecule has 6 nitrogen and oxygen atoms in total. The Bertz CT molecular complexity index is 314. The van der Waals surface area contributed by atoms with E-state index in [9.17, 15) is 14.7 Å². The van der Waals surface area contributed by atoms with Gasteiger partial charge in [0, 0.05) is 26.6 Å². The van der Waals surface area contributed by atoms with Crippen LogP contribution in [0.15, 0.2) is 0 Å². The topological polar surface area (TPSA) is 81.7 Å². The van der Waals surface area contributed by atoms with Gasteiger partial charge < -0.3 is 15.7 Å². The van der Waals surface area contributed by atoms with Crippen LogP contribution >= 0.6 is 0 Å². The van der Waals surface area contributed by atoms with E-state index >= 15 is 0 Å². The van der Waals surface area contributed by atoms with Crippen molar-refractivity contribution in [1.82, 2.24) is 15.5 Å². The van der Waals surface area contributed by atoms with E-state index in [0.717, 1.165) is 25.7 Å². The van der Waals surface area contributed by atoms with Gasteiger partial charge in [-0.2, -0.15) is 0 Å². The van der Waals surface area contributed by atoms with E-state index < -0.39 is 5.60 Å². The average molecular weight is 271 g/mol. The van der Waals surface area contributed by atoms with E-state index in [1.54, 1.807) is 0 Å². The Morgan fingerprint density at radius 3 is 2.37 bits per heavy atom. The van der Waals surface area contributed by atoms with Gasteiger partial charge in [0.2, 0.25) is 11.8 Å². The smallest absolute Gasteiger partial charge is 0.234 e. The van der Waals surface area contributed by atoms with Gasteiger partial charge in [-0.1, -0.05) is 12.8 Å². The van der Waals surface area contributed by atoms with E-state index in [4.69, 9.17) is 0 Å². The SMILES string of the molecule is CC(=O)NCCNC(=O)CN(C)CC1(O)CCCC1. The zero-order valence-electron chi connectivity index (χ0n) is 11.9. The summed E-state index contributed by atoms with van der Waals surface area (Å²) in [5, 5.41) is 15.6. The second-order valence-electron chi connectivity index (χ2n) is 5.44. The molecule has 0 aromatic rings. The molecule has 0 radical (unpaired) electrons. The summed E-state index contributed by atoms with van der Waals surface area (Å²) in [6.07, 6.45) is 3.77. The summed E-state index contributed by atoms with van der Waals surface area (Å²) in [7, 11) is 1.84. The molecule has 1 aliphatic rings. The molecule has 0 spiro atoms. The van der Waals surface area contributed by atoms with Crippen LogP contribution in [0.25, 0.3) is 0 Å². The van der Waals surface area contributed by atoms with Crippen molar-refractivity contribution in [3.8, 4) is 0 Å². The minimum absolute atomic E-state index is 0.0885. The highest BCUT2D eigenvalue weighted by Gasteiger charge is 2.32. The maximum Gasteiger partial charge on any atom is 0.234 e. The van der Waals surface area contributed by atoms with Gasteiger partial charge in [-0.05, 0) is 19.9 Å². The number of rotatable bonds is 7. The molecule has 0 saturated heterocycles. The number of hydrogen-bond acceptors (Lipinski definition) is 4. The monoisotopic (exact) mass is 271 g/mol. The quantitative estimate of drug-likeness (QED) is 0.544. The summed E-state index contributed by atoms with van der Waals surface area (Å²) in [5.41, 5.74) is -0.620. The molecule has 3 N–H and O–H groups in total.